The van der Waals surface area contributed by atoms with Gasteiger partial charge in [-0.2, -0.15) is 23.0 Å². The van der Waals surface area contributed by atoms with Gasteiger partial charge in [0.2, 0.25) is 0 Å². The fraction of sp³-hybridized carbons (Fsp3) is 0.158. The highest BCUT2D eigenvalue weighted by atomic mass is 19.4. The smallest absolute Gasteiger partial charge is 0.267 e. The van der Waals surface area contributed by atoms with E-state index < -0.39 is 22.2 Å². The van der Waals surface area contributed by atoms with Crippen molar-refractivity contribution in [2.45, 2.75) is 20.0 Å². The van der Waals surface area contributed by atoms with E-state index in [-0.39, 0.29) is 16.9 Å². The highest BCUT2D eigenvalue weighted by molar-refractivity contribution is 5.71. The molecule has 0 unspecified atom stereocenters. The molecule has 0 aliphatic rings. The van der Waals surface area contributed by atoms with Gasteiger partial charge in [0.05, 0.1) is 21.9 Å². The van der Waals surface area contributed by atoms with Gasteiger partial charge < -0.3 is 0 Å². The van der Waals surface area contributed by atoms with E-state index in [0.717, 1.165) is 16.8 Å². The van der Waals surface area contributed by atoms with E-state index in [2.05, 4.69) is 5.10 Å². The molecule has 1 heterocycles. The summed E-state index contributed by atoms with van der Waals surface area (Å²) in [6.45, 7) is 3.17. The third-order valence-corrected chi connectivity index (χ3v) is 4.28. The van der Waals surface area contributed by atoms with E-state index in [1.165, 1.54) is 30.3 Å². The molecule has 6 nitrogen and oxygen atoms in total. The van der Waals surface area contributed by atoms with Crippen LogP contribution >= 0.6 is 0 Å². The van der Waals surface area contributed by atoms with Gasteiger partial charge in [-0.05, 0) is 43.7 Å². The zero-order chi connectivity index (χ0) is 20.6. The summed E-state index contributed by atoms with van der Waals surface area (Å²) in [5.41, 5.74) is 0.339. The maximum atomic E-state index is 12.8. The molecule has 0 radical (unpaired) electrons. The first-order chi connectivity index (χ1) is 13.1. The van der Waals surface area contributed by atoms with Crippen LogP contribution in [-0.4, -0.2) is 14.7 Å². The molecule has 3 rings (SSSR count). The highest BCUT2D eigenvalue weighted by Crippen LogP contribution is 2.30. The average Bonchev–Trinajstić information content (AvgIpc) is 2.64. The second kappa shape index (κ2) is 6.91. The van der Waals surface area contributed by atoms with Crippen molar-refractivity contribution < 1.29 is 18.1 Å². The summed E-state index contributed by atoms with van der Waals surface area (Å²) in [6, 6.07) is 9.92. The fourth-order valence-corrected chi connectivity index (χ4v) is 2.95. The lowest BCUT2D eigenvalue weighted by molar-refractivity contribution is -0.384. The Balaban J connectivity index is 2.12. The molecule has 3 aromatic rings. The lowest BCUT2D eigenvalue weighted by atomic mass is 10.00. The van der Waals surface area contributed by atoms with Gasteiger partial charge in [-0.25, -0.2) is 0 Å². The maximum absolute atomic E-state index is 12.8. The number of rotatable bonds is 3. The molecule has 0 saturated heterocycles. The van der Waals surface area contributed by atoms with Gasteiger partial charge in [-0.15, -0.1) is 0 Å². The molecule has 0 amide bonds. The number of aryl methyl sites for hydroxylation is 1. The summed E-state index contributed by atoms with van der Waals surface area (Å²) >= 11 is 0. The SMILES string of the molecule is Cc1nn(-c2ccc(C(F)(F)F)cc2)c(=O)c(C)c1-c1cccc([N+](=O)[O-])c1. The predicted octanol–water partition coefficient (Wildman–Crippen LogP) is 4.44. The Morgan fingerprint density at radius 1 is 1.07 bits per heavy atom. The first kappa shape index (κ1) is 19.3. The molecule has 0 bridgehead atoms. The Morgan fingerprint density at radius 3 is 2.29 bits per heavy atom. The molecule has 0 saturated carbocycles. The largest absolute Gasteiger partial charge is 0.416 e. The van der Waals surface area contributed by atoms with Gasteiger partial charge in [0.25, 0.3) is 11.2 Å². The number of alkyl halides is 3. The van der Waals surface area contributed by atoms with Crippen molar-refractivity contribution in [2.24, 2.45) is 0 Å². The van der Waals surface area contributed by atoms with Crippen molar-refractivity contribution in [3.8, 4) is 16.8 Å². The zero-order valence-electron chi connectivity index (χ0n) is 14.8. The van der Waals surface area contributed by atoms with Gasteiger partial charge in [0, 0.05) is 23.3 Å². The minimum absolute atomic E-state index is 0.122. The first-order valence-corrected chi connectivity index (χ1v) is 8.12. The Bertz CT molecular complexity index is 1120. The quantitative estimate of drug-likeness (QED) is 0.490. The van der Waals surface area contributed by atoms with Crippen LogP contribution in [0.5, 0.6) is 0 Å². The van der Waals surface area contributed by atoms with Crippen LogP contribution in [0.3, 0.4) is 0 Å². The van der Waals surface area contributed by atoms with Crippen LogP contribution in [0.15, 0.2) is 53.3 Å². The third kappa shape index (κ3) is 3.51. The van der Waals surface area contributed by atoms with E-state index in [9.17, 15) is 28.1 Å². The Labute approximate surface area is 157 Å². The van der Waals surface area contributed by atoms with Crippen LogP contribution in [0.4, 0.5) is 18.9 Å². The lowest BCUT2D eigenvalue weighted by Gasteiger charge is -2.14. The van der Waals surface area contributed by atoms with Crippen molar-refractivity contribution in [3.05, 3.63) is 85.8 Å². The summed E-state index contributed by atoms with van der Waals surface area (Å²) in [7, 11) is 0. The number of benzene rings is 2. The number of non-ortho nitro benzene ring substituents is 1. The molecule has 0 aliphatic heterocycles. The van der Waals surface area contributed by atoms with Gasteiger partial charge in [-0.1, -0.05) is 12.1 Å². The van der Waals surface area contributed by atoms with Crippen molar-refractivity contribution >= 4 is 5.69 Å². The highest BCUT2D eigenvalue weighted by Gasteiger charge is 2.30. The number of aromatic nitrogens is 2. The van der Waals surface area contributed by atoms with Gasteiger partial charge in [0.15, 0.2) is 0 Å². The van der Waals surface area contributed by atoms with E-state index in [0.29, 0.717) is 16.8 Å². The zero-order valence-corrected chi connectivity index (χ0v) is 14.8. The monoisotopic (exact) mass is 389 g/mol. The molecule has 0 fully saturated rings. The minimum atomic E-state index is -4.48. The van der Waals surface area contributed by atoms with Crippen molar-refractivity contribution in [1.29, 1.82) is 0 Å². The summed E-state index contributed by atoms with van der Waals surface area (Å²) in [5, 5.41) is 15.2. The average molecular weight is 389 g/mol. The second-order valence-electron chi connectivity index (χ2n) is 6.15. The molecule has 1 aromatic heterocycles. The maximum Gasteiger partial charge on any atom is 0.416 e. The summed E-state index contributed by atoms with van der Waals surface area (Å²) in [6.07, 6.45) is -4.48. The molecular weight excluding hydrogens is 375 g/mol. The molecule has 0 atom stereocenters. The van der Waals surface area contributed by atoms with Gasteiger partial charge in [0.1, 0.15) is 0 Å². The number of nitrogens with zero attached hydrogens (tertiary/aromatic N) is 3. The third-order valence-electron chi connectivity index (χ3n) is 4.28. The standard InChI is InChI=1S/C19H14F3N3O3/c1-11-17(13-4-3-5-16(10-13)25(27)28)12(2)23-24(18(11)26)15-8-6-14(7-9-15)19(20,21)22/h3-10H,1-2H3. The molecule has 0 N–H and O–H groups in total. The van der Waals surface area contributed by atoms with Crippen molar-refractivity contribution in [3.63, 3.8) is 0 Å². The van der Waals surface area contributed by atoms with Crippen LogP contribution in [0, 0.1) is 24.0 Å². The van der Waals surface area contributed by atoms with Crippen LogP contribution in [0.25, 0.3) is 16.8 Å². The molecule has 28 heavy (non-hydrogen) atoms. The second-order valence-corrected chi connectivity index (χ2v) is 6.15. The van der Waals surface area contributed by atoms with Crippen LogP contribution < -0.4 is 5.56 Å². The first-order valence-electron chi connectivity index (χ1n) is 8.12. The molecule has 2 aromatic carbocycles. The molecule has 0 spiro atoms. The van der Waals surface area contributed by atoms with Gasteiger partial charge in [-0.3, -0.25) is 14.9 Å². The molecule has 9 heteroatoms. The Kier molecular flexibility index (Phi) is 4.76. The number of nitro benzene ring substituents is 1. The minimum Gasteiger partial charge on any atom is -0.267 e. The van der Waals surface area contributed by atoms with Crippen LogP contribution in [0.2, 0.25) is 0 Å². The van der Waals surface area contributed by atoms with E-state index in [1.54, 1.807) is 19.9 Å². The summed E-state index contributed by atoms with van der Waals surface area (Å²) < 4.78 is 39.2. The van der Waals surface area contributed by atoms with Crippen molar-refractivity contribution in [2.75, 3.05) is 0 Å². The number of hydrogen-bond donors (Lipinski definition) is 0. The molecular formula is C19H14F3N3O3. The number of halogens is 3. The Morgan fingerprint density at radius 2 is 1.71 bits per heavy atom. The number of hydrogen-bond acceptors (Lipinski definition) is 4. The van der Waals surface area contributed by atoms with Gasteiger partial charge >= 0.3 is 6.18 Å². The number of nitro groups is 1. The summed E-state index contributed by atoms with van der Waals surface area (Å²) in [4.78, 5) is 23.2. The molecule has 0 aliphatic carbocycles. The van der Waals surface area contributed by atoms with Crippen molar-refractivity contribution in [1.82, 2.24) is 9.78 Å². The normalized spacial score (nSPS) is 11.5. The Hall–Kier alpha value is -3.49. The van der Waals surface area contributed by atoms with Crippen LogP contribution in [0.1, 0.15) is 16.8 Å². The van der Waals surface area contributed by atoms with Crippen LogP contribution in [-0.2, 0) is 6.18 Å². The van der Waals surface area contributed by atoms with E-state index >= 15 is 0 Å². The molecule has 144 valence electrons. The summed E-state index contributed by atoms with van der Waals surface area (Å²) in [5.74, 6) is 0. The topological polar surface area (TPSA) is 78.0 Å². The van der Waals surface area contributed by atoms with E-state index in [4.69, 9.17) is 0 Å². The van der Waals surface area contributed by atoms with E-state index in [1.807, 2.05) is 0 Å². The lowest BCUT2D eigenvalue weighted by Crippen LogP contribution is -2.25. The fourth-order valence-electron chi connectivity index (χ4n) is 2.95. The predicted molar refractivity (Wildman–Crippen MR) is 96.4 cm³/mol.